The van der Waals surface area contributed by atoms with Gasteiger partial charge >= 0.3 is 0 Å². The van der Waals surface area contributed by atoms with E-state index in [0.29, 0.717) is 19.5 Å². The highest BCUT2D eigenvalue weighted by Crippen LogP contribution is 2.20. The second-order valence-electron chi connectivity index (χ2n) is 7.18. The van der Waals surface area contributed by atoms with Gasteiger partial charge in [0.25, 0.3) is 0 Å². The van der Waals surface area contributed by atoms with Gasteiger partial charge in [0.15, 0.2) is 0 Å². The van der Waals surface area contributed by atoms with Crippen molar-refractivity contribution in [1.82, 2.24) is 19.7 Å². The van der Waals surface area contributed by atoms with Gasteiger partial charge in [-0.3, -0.25) is 9.78 Å². The van der Waals surface area contributed by atoms with E-state index in [9.17, 15) is 4.79 Å². The highest BCUT2D eigenvalue weighted by molar-refractivity contribution is 7.11. The molecule has 1 aliphatic rings. The van der Waals surface area contributed by atoms with Crippen LogP contribution in [0.15, 0.2) is 36.5 Å². The van der Waals surface area contributed by atoms with Crippen LogP contribution in [0.25, 0.3) is 0 Å². The maximum absolute atomic E-state index is 13.1. The molecule has 2 aromatic heterocycles. The zero-order valence-electron chi connectivity index (χ0n) is 15.9. The van der Waals surface area contributed by atoms with Gasteiger partial charge in [0, 0.05) is 48.0 Å². The summed E-state index contributed by atoms with van der Waals surface area (Å²) in [5.41, 5.74) is 0.934. The predicted octanol–water partition coefficient (Wildman–Crippen LogP) is 2.62. The standard InChI is InChI=1S/C20H28N4OS/c1-16-7-8-19(26-16)15-24(13-17-6-4-5-9-21-17)20(25)12-18-14-22(2)10-11-23(18)3/h4-9,18H,10-15H2,1-3H3/t18-/m0/s1. The molecule has 26 heavy (non-hydrogen) atoms. The first-order valence-electron chi connectivity index (χ1n) is 9.13. The summed E-state index contributed by atoms with van der Waals surface area (Å²) in [4.78, 5) is 26.6. The van der Waals surface area contributed by atoms with E-state index in [-0.39, 0.29) is 11.9 Å². The van der Waals surface area contributed by atoms with Crippen LogP contribution in [0.1, 0.15) is 21.9 Å². The van der Waals surface area contributed by atoms with Crippen molar-refractivity contribution in [2.24, 2.45) is 0 Å². The Bertz CT molecular complexity index is 718. The Morgan fingerprint density at radius 3 is 2.77 bits per heavy atom. The highest BCUT2D eigenvalue weighted by atomic mass is 32.1. The summed E-state index contributed by atoms with van der Waals surface area (Å²) in [5.74, 6) is 0.203. The number of pyridine rings is 1. The summed E-state index contributed by atoms with van der Waals surface area (Å²) in [7, 11) is 4.25. The van der Waals surface area contributed by atoms with E-state index >= 15 is 0 Å². The smallest absolute Gasteiger partial charge is 0.224 e. The lowest BCUT2D eigenvalue weighted by atomic mass is 10.1. The molecule has 1 amide bonds. The minimum atomic E-state index is 0.203. The van der Waals surface area contributed by atoms with Gasteiger partial charge in [-0.05, 0) is 45.3 Å². The average Bonchev–Trinajstić information content (AvgIpc) is 3.03. The van der Waals surface area contributed by atoms with E-state index in [1.165, 1.54) is 9.75 Å². The largest absolute Gasteiger partial charge is 0.332 e. The number of carbonyl (C=O) groups excluding carboxylic acids is 1. The topological polar surface area (TPSA) is 39.7 Å². The Kier molecular flexibility index (Phi) is 6.40. The molecular formula is C20H28N4OS. The Balaban J connectivity index is 1.71. The molecular weight excluding hydrogens is 344 g/mol. The van der Waals surface area contributed by atoms with E-state index in [4.69, 9.17) is 0 Å². The lowest BCUT2D eigenvalue weighted by Gasteiger charge is -2.38. The van der Waals surface area contributed by atoms with Crippen molar-refractivity contribution in [3.63, 3.8) is 0 Å². The molecule has 0 unspecified atom stereocenters. The van der Waals surface area contributed by atoms with Gasteiger partial charge in [-0.15, -0.1) is 11.3 Å². The molecule has 3 heterocycles. The molecule has 0 aromatic carbocycles. The fourth-order valence-electron chi connectivity index (χ4n) is 3.33. The highest BCUT2D eigenvalue weighted by Gasteiger charge is 2.27. The maximum Gasteiger partial charge on any atom is 0.224 e. The number of rotatable bonds is 6. The normalized spacial score (nSPS) is 18.8. The molecule has 0 saturated carbocycles. The van der Waals surface area contributed by atoms with Crippen molar-refractivity contribution in [3.8, 4) is 0 Å². The molecule has 140 valence electrons. The number of nitrogens with zero attached hydrogens (tertiary/aromatic N) is 4. The number of likely N-dealkylation sites (N-methyl/N-ethyl adjacent to an activating group) is 2. The fourth-order valence-corrected chi connectivity index (χ4v) is 4.24. The van der Waals surface area contributed by atoms with Crippen molar-refractivity contribution in [2.75, 3.05) is 33.7 Å². The molecule has 1 saturated heterocycles. The van der Waals surface area contributed by atoms with Crippen molar-refractivity contribution >= 4 is 17.2 Å². The summed E-state index contributed by atoms with van der Waals surface area (Å²) >= 11 is 1.76. The van der Waals surface area contributed by atoms with Crippen LogP contribution in [0.3, 0.4) is 0 Å². The second kappa shape index (κ2) is 8.75. The number of aromatic nitrogens is 1. The maximum atomic E-state index is 13.1. The van der Waals surface area contributed by atoms with Crippen LogP contribution < -0.4 is 0 Å². The molecule has 1 fully saturated rings. The van der Waals surface area contributed by atoms with Crippen LogP contribution in [0.2, 0.25) is 0 Å². The summed E-state index contributed by atoms with van der Waals surface area (Å²) in [5, 5.41) is 0. The third-order valence-electron chi connectivity index (χ3n) is 4.96. The Morgan fingerprint density at radius 2 is 2.08 bits per heavy atom. The van der Waals surface area contributed by atoms with Crippen LogP contribution in [0.4, 0.5) is 0 Å². The number of piperazine rings is 1. The molecule has 0 radical (unpaired) electrons. The average molecular weight is 373 g/mol. The predicted molar refractivity (Wildman–Crippen MR) is 106 cm³/mol. The lowest BCUT2D eigenvalue weighted by Crippen LogP contribution is -2.51. The number of aryl methyl sites for hydroxylation is 1. The van der Waals surface area contributed by atoms with Gasteiger partial charge in [-0.2, -0.15) is 0 Å². The van der Waals surface area contributed by atoms with Crippen LogP contribution in [-0.2, 0) is 17.9 Å². The van der Waals surface area contributed by atoms with E-state index < -0.39 is 0 Å². The van der Waals surface area contributed by atoms with Gasteiger partial charge in [-0.1, -0.05) is 6.07 Å². The van der Waals surface area contributed by atoms with Crippen LogP contribution in [-0.4, -0.2) is 65.4 Å². The fraction of sp³-hybridized carbons (Fsp3) is 0.500. The number of hydrogen-bond acceptors (Lipinski definition) is 5. The van der Waals surface area contributed by atoms with Crippen molar-refractivity contribution in [1.29, 1.82) is 0 Å². The molecule has 1 aliphatic heterocycles. The minimum Gasteiger partial charge on any atom is -0.332 e. The third kappa shape index (κ3) is 5.13. The van der Waals surface area contributed by atoms with Crippen molar-refractivity contribution < 1.29 is 4.79 Å². The molecule has 0 aliphatic carbocycles. The van der Waals surface area contributed by atoms with E-state index in [2.05, 4.69) is 47.9 Å². The minimum absolute atomic E-state index is 0.203. The molecule has 2 aromatic rings. The van der Waals surface area contributed by atoms with E-state index in [1.54, 1.807) is 17.5 Å². The Labute approximate surface area is 160 Å². The van der Waals surface area contributed by atoms with Gasteiger partial charge in [0.2, 0.25) is 5.91 Å². The van der Waals surface area contributed by atoms with Crippen LogP contribution >= 0.6 is 11.3 Å². The van der Waals surface area contributed by atoms with Gasteiger partial charge in [0.05, 0.1) is 18.8 Å². The van der Waals surface area contributed by atoms with Crippen molar-refractivity contribution in [2.45, 2.75) is 32.5 Å². The van der Waals surface area contributed by atoms with E-state index in [0.717, 1.165) is 25.3 Å². The number of hydrogen-bond donors (Lipinski definition) is 0. The first-order valence-corrected chi connectivity index (χ1v) is 9.94. The molecule has 0 spiro atoms. The Hall–Kier alpha value is -1.76. The number of carbonyl (C=O) groups is 1. The Morgan fingerprint density at radius 1 is 1.23 bits per heavy atom. The zero-order valence-corrected chi connectivity index (χ0v) is 16.7. The lowest BCUT2D eigenvalue weighted by molar-refractivity contribution is -0.134. The number of amides is 1. The SMILES string of the molecule is Cc1ccc(CN(Cc2ccccn2)C(=O)C[C@H]2CN(C)CCN2C)s1. The molecule has 0 N–H and O–H groups in total. The summed E-state index contributed by atoms with van der Waals surface area (Å²) < 4.78 is 0. The van der Waals surface area contributed by atoms with Crippen LogP contribution in [0.5, 0.6) is 0 Å². The van der Waals surface area contributed by atoms with Gasteiger partial charge in [0.1, 0.15) is 0 Å². The quantitative estimate of drug-likeness (QED) is 0.781. The van der Waals surface area contributed by atoms with E-state index in [1.807, 2.05) is 23.1 Å². The molecule has 5 nitrogen and oxygen atoms in total. The second-order valence-corrected chi connectivity index (χ2v) is 8.56. The number of thiophene rings is 1. The first kappa shape index (κ1) is 19.0. The van der Waals surface area contributed by atoms with Crippen LogP contribution in [0, 0.1) is 6.92 Å². The first-order chi connectivity index (χ1) is 12.5. The summed E-state index contributed by atoms with van der Waals surface area (Å²) in [6, 6.07) is 10.4. The van der Waals surface area contributed by atoms with Gasteiger partial charge < -0.3 is 14.7 Å². The summed E-state index contributed by atoms with van der Waals surface area (Å²) in [6.07, 6.45) is 2.34. The summed E-state index contributed by atoms with van der Waals surface area (Å²) in [6.45, 7) is 6.33. The third-order valence-corrected chi connectivity index (χ3v) is 5.95. The van der Waals surface area contributed by atoms with Gasteiger partial charge in [-0.25, -0.2) is 0 Å². The van der Waals surface area contributed by atoms with Crippen molar-refractivity contribution in [3.05, 3.63) is 52.0 Å². The monoisotopic (exact) mass is 372 g/mol. The molecule has 1 atom stereocenters. The molecule has 6 heteroatoms. The molecule has 0 bridgehead atoms. The zero-order chi connectivity index (χ0) is 18.5. The molecule has 3 rings (SSSR count).